The first kappa shape index (κ1) is 39.4. The second kappa shape index (κ2) is 18.2. The predicted octanol–water partition coefficient (Wildman–Crippen LogP) is 11.4. The van der Waals surface area contributed by atoms with Crippen LogP contribution >= 0.6 is 0 Å². The van der Waals surface area contributed by atoms with Gasteiger partial charge in [-0.05, 0) is 69.2 Å². The summed E-state index contributed by atoms with van der Waals surface area (Å²) in [4.78, 5) is 25.4. The molecule has 0 saturated heterocycles. The number of aryl methyl sites for hydroxylation is 5. The molecule has 0 unspecified atom stereocenters. The minimum Gasteiger partial charge on any atom is -0.512 e. The molecule has 51 heavy (non-hydrogen) atoms. The van der Waals surface area contributed by atoms with E-state index in [4.69, 9.17) is 16.5 Å². The second-order valence-corrected chi connectivity index (χ2v) is 14.1. The van der Waals surface area contributed by atoms with Crippen molar-refractivity contribution in [1.82, 2.24) is 9.97 Å². The van der Waals surface area contributed by atoms with E-state index in [0.29, 0.717) is 22.7 Å². The van der Waals surface area contributed by atoms with Gasteiger partial charge >= 0.3 is 0 Å². The van der Waals surface area contributed by atoms with Crippen molar-refractivity contribution in [3.63, 3.8) is 0 Å². The van der Waals surface area contributed by atoms with E-state index in [-0.39, 0.29) is 37.7 Å². The topological polar surface area (TPSA) is 91.2 Å². The first-order valence-corrected chi connectivity index (χ1v) is 17.9. The van der Waals surface area contributed by atoms with Gasteiger partial charge in [0.15, 0.2) is 5.78 Å². The van der Waals surface area contributed by atoms with Gasteiger partial charge in [0.1, 0.15) is 0 Å². The van der Waals surface area contributed by atoms with E-state index in [1.165, 1.54) is 38.5 Å². The predicted molar refractivity (Wildman–Crippen MR) is 201 cm³/mol. The monoisotopic (exact) mass is 856 g/mol. The number of allylic oxidation sites excluding steroid dienone is 2. The molecule has 6 nitrogen and oxygen atoms in total. The van der Waals surface area contributed by atoms with Gasteiger partial charge in [-0.15, -0.1) is 34.9 Å². The van der Waals surface area contributed by atoms with Crippen LogP contribution in [0, 0.1) is 70.4 Å². The van der Waals surface area contributed by atoms with E-state index < -0.39 is 0 Å². The second-order valence-electron chi connectivity index (χ2n) is 14.1. The van der Waals surface area contributed by atoms with Gasteiger partial charge in [-0.25, -0.2) is 4.85 Å². The number of rotatable bonds is 6. The Labute approximate surface area is 317 Å². The molecule has 2 aliphatic carbocycles. The number of benzene rings is 3. The van der Waals surface area contributed by atoms with Gasteiger partial charge in [-0.3, -0.25) is 9.78 Å². The molecule has 2 fully saturated rings. The van der Waals surface area contributed by atoms with E-state index in [1.54, 1.807) is 24.4 Å². The zero-order valence-electron chi connectivity index (χ0n) is 30.4. The van der Waals surface area contributed by atoms with Gasteiger partial charge in [0.05, 0.1) is 35.4 Å². The molecule has 4 aromatic rings. The molecule has 7 heteroatoms. The summed E-state index contributed by atoms with van der Waals surface area (Å²) in [5, 5.41) is 19.4. The maximum atomic E-state index is 12.0. The van der Waals surface area contributed by atoms with E-state index in [9.17, 15) is 15.2 Å². The number of hydrogen-bond acceptors (Lipinski definition) is 5. The molecule has 2 aliphatic rings. The number of aliphatic hydroxyl groups excluding tert-OH is 1. The summed E-state index contributed by atoms with van der Waals surface area (Å²) in [6, 6.07) is 19.5. The fourth-order valence-electron chi connectivity index (χ4n) is 7.37. The van der Waals surface area contributed by atoms with Crippen LogP contribution in [0.3, 0.4) is 0 Å². The summed E-state index contributed by atoms with van der Waals surface area (Å²) in [7, 11) is 0. The molecule has 2 saturated carbocycles. The molecule has 265 valence electrons. The maximum absolute atomic E-state index is 12.0. The Morgan fingerprint density at radius 2 is 1.47 bits per heavy atom. The Balaban J connectivity index is 0.000000273. The average molecular weight is 856 g/mol. The van der Waals surface area contributed by atoms with Gasteiger partial charge in [0.2, 0.25) is 5.69 Å². The molecule has 0 spiro atoms. The normalized spacial score (nSPS) is 15.1. The minimum absolute atomic E-state index is 0. The van der Waals surface area contributed by atoms with Crippen molar-refractivity contribution in [2.45, 2.75) is 98.8 Å². The number of nitrogens with zero attached hydrogens (tertiary/aromatic N) is 4. The van der Waals surface area contributed by atoms with Crippen LogP contribution in [-0.2, 0) is 24.9 Å². The molecule has 6 rings (SSSR count). The van der Waals surface area contributed by atoms with Crippen LogP contribution in [-0.4, -0.2) is 20.9 Å². The van der Waals surface area contributed by atoms with Crippen LogP contribution in [0.2, 0.25) is 0 Å². The van der Waals surface area contributed by atoms with Crippen LogP contribution in [0.25, 0.3) is 38.6 Å². The molecule has 1 aromatic heterocycles. The summed E-state index contributed by atoms with van der Waals surface area (Å²) in [5.74, 6) is 0.985. The number of nitriles is 1. The van der Waals surface area contributed by atoms with Crippen LogP contribution in [0.4, 0.5) is 5.69 Å². The minimum atomic E-state index is 0. The SMILES string of the molecule is O=C(/C=C(\O)C1CCCCC1)C1CCCCC1.[C-]#[N+]c1cc(-c2cnc(-c3[c-]c(C)cc(C)c3)c(-c3cc(C)cc(C)c3)n2)c(C)cc1C#N.[Ir]. The molecule has 0 bridgehead atoms. The summed E-state index contributed by atoms with van der Waals surface area (Å²) < 4.78 is 0. The Bertz CT molecular complexity index is 1950. The summed E-state index contributed by atoms with van der Waals surface area (Å²) in [6.45, 7) is 17.6. The van der Waals surface area contributed by atoms with Gasteiger partial charge in [0.25, 0.3) is 0 Å². The smallest absolute Gasteiger partial charge is 0.205 e. The Kier molecular flexibility index (Phi) is 14.0. The third-order valence-electron chi connectivity index (χ3n) is 9.85. The van der Waals surface area contributed by atoms with Crippen molar-refractivity contribution in [2.24, 2.45) is 11.8 Å². The first-order chi connectivity index (χ1) is 24.1. The largest absolute Gasteiger partial charge is 0.512 e. The molecule has 3 aromatic carbocycles. The van der Waals surface area contributed by atoms with Gasteiger partial charge in [-0.1, -0.05) is 87.8 Å². The molecular formula is C44H47IrN4O2-. The van der Waals surface area contributed by atoms with E-state index in [2.05, 4.69) is 68.1 Å². The molecule has 1 radical (unpaired) electrons. The molecule has 0 amide bonds. The van der Waals surface area contributed by atoms with Crippen molar-refractivity contribution in [3.05, 3.63) is 111 Å². The zero-order chi connectivity index (χ0) is 35.8. The van der Waals surface area contributed by atoms with E-state index >= 15 is 0 Å². The van der Waals surface area contributed by atoms with Crippen LogP contribution < -0.4 is 0 Å². The van der Waals surface area contributed by atoms with Gasteiger partial charge in [-0.2, -0.15) is 5.26 Å². The standard InChI is InChI=1S/C29H23N4.C15H24O2.Ir/c1-17-7-18(2)10-22(9-17)28-29(23-11-19(3)8-20(4)12-23)33-27(16-32-28)25-14-26(31-6)24(15-30)13-21(25)5;16-14(12-7-3-1-4-8-12)11-15(17)13-9-5-2-6-10-13;/h7-9,11-14,16H,1-5H3;11-13,16H,1-10H2;/q-1;;/b;14-11-;. The maximum Gasteiger partial charge on any atom is 0.205 e. The molecule has 0 aliphatic heterocycles. The van der Waals surface area contributed by atoms with Gasteiger partial charge in [0, 0.05) is 49.9 Å². The summed E-state index contributed by atoms with van der Waals surface area (Å²) in [6.07, 6.45) is 14.7. The Morgan fingerprint density at radius 3 is 2.06 bits per heavy atom. The number of aromatic nitrogens is 2. The van der Waals surface area contributed by atoms with Crippen LogP contribution in [0.15, 0.2) is 60.5 Å². The number of hydrogen-bond donors (Lipinski definition) is 1. The number of carbonyl (C=O) groups is 1. The van der Waals surface area contributed by atoms with E-state index in [0.717, 1.165) is 81.6 Å². The number of ketones is 1. The Morgan fingerprint density at radius 1 is 0.863 bits per heavy atom. The summed E-state index contributed by atoms with van der Waals surface area (Å²) >= 11 is 0. The van der Waals surface area contributed by atoms with Crippen molar-refractivity contribution < 1.29 is 30.0 Å². The molecular weight excluding hydrogens is 809 g/mol. The first-order valence-electron chi connectivity index (χ1n) is 17.9. The Hall–Kier alpha value is -4.42. The molecule has 1 heterocycles. The van der Waals surface area contributed by atoms with Crippen LogP contribution in [0.5, 0.6) is 0 Å². The quantitative estimate of drug-likeness (QED) is 0.118. The number of carbonyl (C=O) groups excluding carboxylic acids is 1. The van der Waals surface area contributed by atoms with Gasteiger partial charge < -0.3 is 10.1 Å². The van der Waals surface area contributed by atoms with Crippen molar-refractivity contribution in [1.29, 1.82) is 5.26 Å². The fraction of sp³-hybridized carbons (Fsp3) is 0.386. The third-order valence-corrected chi connectivity index (χ3v) is 9.85. The van der Waals surface area contributed by atoms with E-state index in [1.807, 2.05) is 13.8 Å². The van der Waals surface area contributed by atoms with Crippen molar-refractivity contribution in [3.8, 4) is 39.8 Å². The van der Waals surface area contributed by atoms with Crippen molar-refractivity contribution in [2.75, 3.05) is 0 Å². The number of aliphatic hydroxyl groups is 1. The third kappa shape index (κ3) is 10.1. The molecule has 0 atom stereocenters. The van der Waals surface area contributed by atoms with Crippen molar-refractivity contribution >= 4 is 11.5 Å². The average Bonchev–Trinajstić information content (AvgIpc) is 3.11. The molecule has 1 N–H and O–H groups in total. The van der Waals surface area contributed by atoms with Crippen LogP contribution in [0.1, 0.15) is 97.6 Å². The summed E-state index contributed by atoms with van der Waals surface area (Å²) in [5.41, 5.74) is 11.0. The zero-order valence-corrected chi connectivity index (χ0v) is 32.8. The fourth-order valence-corrected chi connectivity index (χ4v) is 7.37.